The van der Waals surface area contributed by atoms with E-state index in [0.29, 0.717) is 36.2 Å². The Morgan fingerprint density at radius 1 is 1.16 bits per heavy atom. The fourth-order valence-electron chi connectivity index (χ4n) is 3.59. The maximum Gasteiger partial charge on any atom is 0.231 e. The number of ether oxygens (including phenoxy) is 1. The highest BCUT2D eigenvalue weighted by Crippen LogP contribution is 2.41. The maximum absolute atomic E-state index is 10.5. The molecule has 0 fully saturated rings. The summed E-state index contributed by atoms with van der Waals surface area (Å²) >= 11 is 0. The first-order chi connectivity index (χ1) is 15.3. The lowest BCUT2D eigenvalue weighted by Gasteiger charge is -2.27. The van der Waals surface area contributed by atoms with E-state index in [1.807, 2.05) is 29.1 Å². The molecule has 2 heterocycles. The highest BCUT2D eigenvalue weighted by Gasteiger charge is 2.35. The molecule has 0 saturated heterocycles. The number of aromatic nitrogens is 2. The molecule has 3 rings (SSSR count). The molecule has 10 heteroatoms. The first-order valence-corrected chi connectivity index (χ1v) is 11.0. The van der Waals surface area contributed by atoms with E-state index in [4.69, 9.17) is 14.7 Å². The third-order valence-electron chi connectivity index (χ3n) is 5.27. The van der Waals surface area contributed by atoms with Gasteiger partial charge in [-0.3, -0.25) is 10.0 Å². The molecular weight excluding hydrogens is 410 g/mol. The minimum absolute atomic E-state index is 0.0963. The number of aromatic hydroxyl groups is 1. The van der Waals surface area contributed by atoms with Crippen molar-refractivity contribution >= 4 is 23.3 Å². The summed E-state index contributed by atoms with van der Waals surface area (Å²) in [7, 11) is 1.53. The lowest BCUT2D eigenvalue weighted by molar-refractivity contribution is 0.288. The number of nitrogens with zero attached hydrogens (tertiary/aromatic N) is 5. The molecule has 2 aromatic rings. The topological polar surface area (TPSA) is 109 Å². The molecule has 32 heavy (non-hydrogen) atoms. The van der Waals surface area contributed by atoms with Crippen molar-refractivity contribution in [3.63, 3.8) is 0 Å². The number of rotatable bonds is 10. The number of aliphatic hydroxyl groups excluding tert-OH is 1. The second kappa shape index (κ2) is 10.1. The van der Waals surface area contributed by atoms with Crippen LogP contribution in [0.25, 0.3) is 0 Å². The van der Waals surface area contributed by atoms with Gasteiger partial charge in [-0.15, -0.1) is 5.53 Å². The van der Waals surface area contributed by atoms with Crippen LogP contribution in [0.3, 0.4) is 0 Å². The summed E-state index contributed by atoms with van der Waals surface area (Å²) in [5.41, 5.74) is 4.93. The quantitative estimate of drug-likeness (QED) is 0.408. The molecule has 0 bridgehead atoms. The Bertz CT molecular complexity index is 923. The largest absolute Gasteiger partial charge is 0.504 e. The Labute approximate surface area is 189 Å². The minimum Gasteiger partial charge on any atom is -0.504 e. The van der Waals surface area contributed by atoms with E-state index in [1.165, 1.54) is 7.11 Å². The average Bonchev–Trinajstić information content (AvgIpc) is 3.17. The van der Waals surface area contributed by atoms with Gasteiger partial charge in [0.05, 0.1) is 7.11 Å². The highest BCUT2D eigenvalue weighted by molar-refractivity contribution is 5.83. The van der Waals surface area contributed by atoms with Gasteiger partial charge in [-0.1, -0.05) is 19.1 Å². The zero-order valence-corrected chi connectivity index (χ0v) is 19.8. The van der Waals surface area contributed by atoms with Crippen molar-refractivity contribution in [2.75, 3.05) is 40.6 Å². The number of hydrazine groups is 2. The Morgan fingerprint density at radius 3 is 2.47 bits per heavy atom. The molecule has 176 valence electrons. The van der Waals surface area contributed by atoms with Crippen molar-refractivity contribution in [1.29, 1.82) is 0 Å². The third kappa shape index (κ3) is 4.61. The van der Waals surface area contributed by atoms with Crippen LogP contribution in [-0.4, -0.2) is 52.7 Å². The molecule has 0 radical (unpaired) electrons. The lowest BCUT2D eigenvalue weighted by atomic mass is 10.2. The van der Waals surface area contributed by atoms with Gasteiger partial charge in [-0.25, -0.2) is 0 Å². The van der Waals surface area contributed by atoms with Crippen LogP contribution in [0.2, 0.25) is 0 Å². The van der Waals surface area contributed by atoms with Crippen molar-refractivity contribution in [3.05, 3.63) is 23.8 Å². The van der Waals surface area contributed by atoms with Crippen molar-refractivity contribution in [1.82, 2.24) is 15.5 Å². The molecular formula is C22H35N7O3. The summed E-state index contributed by atoms with van der Waals surface area (Å²) in [5, 5.41) is 27.8. The van der Waals surface area contributed by atoms with Crippen molar-refractivity contribution in [3.8, 4) is 11.5 Å². The zero-order chi connectivity index (χ0) is 23.4. The molecule has 1 aromatic heterocycles. The lowest BCUT2D eigenvalue weighted by Crippen LogP contribution is -2.50. The van der Waals surface area contributed by atoms with Gasteiger partial charge in [-0.2, -0.15) is 9.97 Å². The summed E-state index contributed by atoms with van der Waals surface area (Å²) in [6, 6.07) is 5.67. The van der Waals surface area contributed by atoms with E-state index in [2.05, 4.69) is 38.5 Å². The van der Waals surface area contributed by atoms with Crippen LogP contribution in [0.1, 0.15) is 46.6 Å². The highest BCUT2D eigenvalue weighted by atomic mass is 16.5. The normalized spacial score (nSPS) is 13.2. The van der Waals surface area contributed by atoms with E-state index in [0.717, 1.165) is 17.9 Å². The van der Waals surface area contributed by atoms with Crippen LogP contribution in [-0.2, 0) is 6.54 Å². The molecule has 1 aliphatic heterocycles. The number of aliphatic hydroxyl groups is 1. The molecule has 10 nitrogen and oxygen atoms in total. The monoisotopic (exact) mass is 445 g/mol. The fraction of sp³-hybridized carbons (Fsp3) is 0.545. The molecule has 1 aromatic carbocycles. The first kappa shape index (κ1) is 23.7. The van der Waals surface area contributed by atoms with Gasteiger partial charge in [-0.05, 0) is 40.2 Å². The molecule has 4 N–H and O–H groups in total. The van der Waals surface area contributed by atoms with Gasteiger partial charge < -0.3 is 25.2 Å². The predicted molar refractivity (Wildman–Crippen MR) is 127 cm³/mol. The summed E-state index contributed by atoms with van der Waals surface area (Å²) in [6.45, 7) is 11.2. The number of benzene rings is 1. The number of methoxy groups -OCH3 is 1. The van der Waals surface area contributed by atoms with E-state index < -0.39 is 0 Å². The van der Waals surface area contributed by atoms with Crippen LogP contribution >= 0.6 is 0 Å². The van der Waals surface area contributed by atoms with Crippen LogP contribution in [0.15, 0.2) is 18.2 Å². The number of anilines is 4. The molecule has 0 unspecified atom stereocenters. The van der Waals surface area contributed by atoms with Crippen molar-refractivity contribution in [2.45, 2.75) is 59.7 Å². The molecule has 0 saturated carbocycles. The molecule has 0 atom stereocenters. The van der Waals surface area contributed by atoms with Gasteiger partial charge in [0.1, 0.15) is 12.4 Å². The van der Waals surface area contributed by atoms with Crippen LogP contribution < -0.4 is 30.5 Å². The number of phenols is 1. The number of hydrogen-bond acceptors (Lipinski definition) is 10. The SMILES string of the molecule is CCCN(CO)c1nc(NCc2cccc(OC)c2O)c2c(n1)N(C(C)C)NN2C(C)C. The van der Waals surface area contributed by atoms with Gasteiger partial charge in [0.15, 0.2) is 23.1 Å². The van der Waals surface area contributed by atoms with Gasteiger partial charge in [0.2, 0.25) is 5.95 Å². The summed E-state index contributed by atoms with van der Waals surface area (Å²) in [4.78, 5) is 11.3. The second-order valence-corrected chi connectivity index (χ2v) is 8.30. The molecule has 0 amide bonds. The average molecular weight is 446 g/mol. The Morgan fingerprint density at radius 2 is 1.88 bits per heavy atom. The van der Waals surface area contributed by atoms with E-state index in [1.54, 1.807) is 11.0 Å². The van der Waals surface area contributed by atoms with Gasteiger partial charge in [0, 0.05) is 30.7 Å². The summed E-state index contributed by atoms with van der Waals surface area (Å²) in [6.07, 6.45) is 0.853. The Balaban J connectivity index is 2.07. The Kier molecular flexibility index (Phi) is 7.47. The van der Waals surface area contributed by atoms with E-state index >= 15 is 0 Å². The summed E-state index contributed by atoms with van der Waals surface area (Å²) < 4.78 is 5.23. The van der Waals surface area contributed by atoms with Gasteiger partial charge >= 0.3 is 0 Å². The minimum atomic E-state index is -0.175. The maximum atomic E-state index is 10.5. The molecule has 1 aliphatic rings. The van der Waals surface area contributed by atoms with E-state index in [9.17, 15) is 10.2 Å². The fourth-order valence-corrected chi connectivity index (χ4v) is 3.59. The number of fused-ring (bicyclic) bond motifs is 1. The zero-order valence-electron chi connectivity index (χ0n) is 19.8. The molecule has 0 spiro atoms. The van der Waals surface area contributed by atoms with E-state index in [-0.39, 0.29) is 24.6 Å². The molecule has 0 aliphatic carbocycles. The number of nitrogens with one attached hydrogen (secondary N) is 2. The third-order valence-corrected chi connectivity index (χ3v) is 5.27. The first-order valence-electron chi connectivity index (χ1n) is 11.0. The Hall–Kier alpha value is -2.98. The van der Waals surface area contributed by atoms with Crippen LogP contribution in [0, 0.1) is 0 Å². The number of para-hydroxylation sites is 1. The van der Waals surface area contributed by atoms with Crippen molar-refractivity contribution in [2.24, 2.45) is 0 Å². The van der Waals surface area contributed by atoms with Crippen LogP contribution in [0.5, 0.6) is 11.5 Å². The van der Waals surface area contributed by atoms with Crippen LogP contribution in [0.4, 0.5) is 23.3 Å². The second-order valence-electron chi connectivity index (χ2n) is 8.30. The summed E-state index contributed by atoms with van der Waals surface area (Å²) in [5.74, 6) is 2.32. The standard InChI is InChI=1S/C22H35N7O3/c1-7-11-27(13-30)22-24-20(23-12-16-9-8-10-17(32-6)19(16)31)18-21(25-22)29(15(4)5)26-28(18)14(2)3/h8-10,14-15,26,30-31H,7,11-13H2,1-6H3,(H,23,24,25). The smallest absolute Gasteiger partial charge is 0.231 e. The predicted octanol–water partition coefficient (Wildman–Crippen LogP) is 2.83. The number of phenolic OH excluding ortho intramolecular Hbond substituents is 1. The van der Waals surface area contributed by atoms with Gasteiger partial charge in [0.25, 0.3) is 0 Å². The number of hydrogen-bond donors (Lipinski definition) is 4. The van der Waals surface area contributed by atoms with Crippen molar-refractivity contribution < 1.29 is 14.9 Å².